The number of rotatable bonds is 3. The van der Waals surface area contributed by atoms with Crippen LogP contribution in [-0.4, -0.2) is 4.98 Å². The summed E-state index contributed by atoms with van der Waals surface area (Å²) in [6.45, 7) is 4.25. The second-order valence-corrected chi connectivity index (χ2v) is 6.44. The molecule has 0 unspecified atom stereocenters. The first-order valence-electron chi connectivity index (χ1n) is 7.52. The third-order valence-corrected chi connectivity index (χ3v) is 4.95. The van der Waals surface area contributed by atoms with E-state index in [1.807, 2.05) is 36.4 Å². The highest BCUT2D eigenvalue weighted by atomic mass is 32.1. The number of nitrogens with zero attached hydrogens (tertiary/aromatic N) is 1. The van der Waals surface area contributed by atoms with E-state index in [2.05, 4.69) is 49.0 Å². The fraction of sp³-hybridized carbons (Fsp3) is 0. The number of aromatic nitrogens is 1. The summed E-state index contributed by atoms with van der Waals surface area (Å²) >= 11 is 1.72. The molecule has 1 aromatic heterocycles. The molecule has 0 aliphatic heterocycles. The van der Waals surface area contributed by atoms with E-state index in [1.165, 1.54) is 4.70 Å². The van der Waals surface area contributed by atoms with Crippen LogP contribution in [0.2, 0.25) is 0 Å². The van der Waals surface area contributed by atoms with Crippen molar-refractivity contribution in [3.8, 4) is 10.6 Å². The standard InChI is InChI=1S/C21H15NS/c1-15(16-8-4-2-5-9-16)18-12-13-19-20(14-18)23-21(22-19)17-10-6-3-7-11-17/h2-14H,1H2. The van der Waals surface area contributed by atoms with Gasteiger partial charge in [-0.1, -0.05) is 73.3 Å². The molecule has 23 heavy (non-hydrogen) atoms. The molecule has 0 saturated heterocycles. The molecule has 0 spiro atoms. The highest BCUT2D eigenvalue weighted by Gasteiger charge is 2.08. The van der Waals surface area contributed by atoms with Crippen LogP contribution in [0.25, 0.3) is 26.4 Å². The molecule has 0 radical (unpaired) electrons. The fourth-order valence-corrected chi connectivity index (χ4v) is 3.63. The highest BCUT2D eigenvalue weighted by molar-refractivity contribution is 7.21. The van der Waals surface area contributed by atoms with Crippen molar-refractivity contribution in [2.24, 2.45) is 0 Å². The van der Waals surface area contributed by atoms with Crippen LogP contribution in [0.1, 0.15) is 11.1 Å². The summed E-state index contributed by atoms with van der Waals surface area (Å²) in [4.78, 5) is 4.75. The second kappa shape index (κ2) is 5.82. The van der Waals surface area contributed by atoms with Crippen molar-refractivity contribution in [3.05, 3.63) is 96.6 Å². The van der Waals surface area contributed by atoms with E-state index < -0.39 is 0 Å². The average molecular weight is 313 g/mol. The molecule has 0 amide bonds. The summed E-state index contributed by atoms with van der Waals surface area (Å²) in [5.74, 6) is 0. The maximum Gasteiger partial charge on any atom is 0.124 e. The number of hydrogen-bond donors (Lipinski definition) is 0. The minimum Gasteiger partial charge on any atom is -0.236 e. The molecule has 0 fully saturated rings. The van der Waals surface area contributed by atoms with Gasteiger partial charge in [0.05, 0.1) is 10.2 Å². The third kappa shape index (κ3) is 2.69. The molecule has 0 saturated carbocycles. The Morgan fingerprint density at radius 2 is 1.48 bits per heavy atom. The van der Waals surface area contributed by atoms with Crippen LogP contribution in [0.15, 0.2) is 85.4 Å². The average Bonchev–Trinajstić information content (AvgIpc) is 3.06. The first kappa shape index (κ1) is 13.9. The zero-order valence-corrected chi connectivity index (χ0v) is 13.4. The third-order valence-electron chi connectivity index (χ3n) is 3.88. The Balaban J connectivity index is 1.75. The van der Waals surface area contributed by atoms with E-state index in [9.17, 15) is 0 Å². The van der Waals surface area contributed by atoms with Crippen molar-refractivity contribution < 1.29 is 0 Å². The zero-order valence-electron chi connectivity index (χ0n) is 12.6. The minimum absolute atomic E-state index is 1.04. The smallest absolute Gasteiger partial charge is 0.124 e. The van der Waals surface area contributed by atoms with Gasteiger partial charge < -0.3 is 0 Å². The van der Waals surface area contributed by atoms with Crippen molar-refractivity contribution in [1.82, 2.24) is 4.98 Å². The molecule has 4 aromatic rings. The molecule has 110 valence electrons. The molecule has 0 aliphatic carbocycles. The Labute approximate surface area is 139 Å². The predicted molar refractivity (Wildman–Crippen MR) is 99.6 cm³/mol. The van der Waals surface area contributed by atoms with Gasteiger partial charge in [0.15, 0.2) is 0 Å². The monoisotopic (exact) mass is 313 g/mol. The van der Waals surface area contributed by atoms with Crippen LogP contribution in [0.3, 0.4) is 0 Å². The molecule has 0 aliphatic rings. The number of thiazole rings is 1. The van der Waals surface area contributed by atoms with E-state index in [4.69, 9.17) is 4.98 Å². The molecule has 0 atom stereocenters. The number of hydrogen-bond acceptors (Lipinski definition) is 2. The Hall–Kier alpha value is -2.71. The molecule has 0 N–H and O–H groups in total. The van der Waals surface area contributed by atoms with Crippen LogP contribution in [0, 0.1) is 0 Å². The summed E-state index contributed by atoms with van der Waals surface area (Å²) in [5.41, 5.74) is 5.55. The first-order chi connectivity index (χ1) is 11.3. The van der Waals surface area contributed by atoms with Gasteiger partial charge in [-0.15, -0.1) is 11.3 Å². The maximum absolute atomic E-state index is 4.75. The van der Waals surface area contributed by atoms with Gasteiger partial charge in [-0.25, -0.2) is 4.98 Å². The van der Waals surface area contributed by atoms with Crippen LogP contribution in [-0.2, 0) is 0 Å². The molecule has 1 heterocycles. The van der Waals surface area contributed by atoms with Gasteiger partial charge in [-0.05, 0) is 28.8 Å². The van der Waals surface area contributed by atoms with Gasteiger partial charge in [0.1, 0.15) is 5.01 Å². The summed E-state index contributed by atoms with van der Waals surface area (Å²) in [6, 6.07) is 27.0. The Morgan fingerprint density at radius 3 is 2.22 bits per heavy atom. The summed E-state index contributed by atoms with van der Waals surface area (Å²) in [6.07, 6.45) is 0. The van der Waals surface area contributed by atoms with Gasteiger partial charge in [0.2, 0.25) is 0 Å². The molecular formula is C21H15NS. The van der Waals surface area contributed by atoms with Gasteiger partial charge in [-0.3, -0.25) is 0 Å². The molecule has 3 aromatic carbocycles. The number of benzene rings is 3. The topological polar surface area (TPSA) is 12.9 Å². The molecule has 1 nitrogen and oxygen atoms in total. The van der Waals surface area contributed by atoms with E-state index in [0.29, 0.717) is 0 Å². The van der Waals surface area contributed by atoms with Crippen LogP contribution in [0.4, 0.5) is 0 Å². The van der Waals surface area contributed by atoms with Crippen LogP contribution in [0.5, 0.6) is 0 Å². The normalized spacial score (nSPS) is 10.8. The lowest BCUT2D eigenvalue weighted by atomic mass is 10.00. The van der Waals surface area contributed by atoms with Gasteiger partial charge >= 0.3 is 0 Å². The molecular weight excluding hydrogens is 298 g/mol. The van der Waals surface area contributed by atoms with Crippen molar-refractivity contribution >= 4 is 27.1 Å². The quantitative estimate of drug-likeness (QED) is 0.450. The SMILES string of the molecule is C=C(c1ccccc1)c1ccc2nc(-c3ccccc3)sc2c1. The largest absolute Gasteiger partial charge is 0.236 e. The Morgan fingerprint density at radius 1 is 0.783 bits per heavy atom. The zero-order chi connectivity index (χ0) is 15.6. The summed E-state index contributed by atoms with van der Waals surface area (Å²) in [5, 5.41) is 1.06. The molecule has 0 bridgehead atoms. The van der Waals surface area contributed by atoms with Gasteiger partial charge in [0, 0.05) is 5.56 Å². The Kier molecular flexibility index (Phi) is 3.52. The molecule has 2 heteroatoms. The first-order valence-corrected chi connectivity index (χ1v) is 8.33. The van der Waals surface area contributed by atoms with Crippen molar-refractivity contribution in [3.63, 3.8) is 0 Å². The highest BCUT2D eigenvalue weighted by Crippen LogP contribution is 2.32. The van der Waals surface area contributed by atoms with Crippen LogP contribution < -0.4 is 0 Å². The lowest BCUT2D eigenvalue weighted by molar-refractivity contribution is 1.47. The van der Waals surface area contributed by atoms with Crippen molar-refractivity contribution in [2.45, 2.75) is 0 Å². The minimum atomic E-state index is 1.04. The van der Waals surface area contributed by atoms with E-state index in [1.54, 1.807) is 11.3 Å². The lowest BCUT2D eigenvalue weighted by Gasteiger charge is -2.05. The fourth-order valence-electron chi connectivity index (χ4n) is 2.62. The van der Waals surface area contributed by atoms with E-state index >= 15 is 0 Å². The van der Waals surface area contributed by atoms with Crippen molar-refractivity contribution in [2.75, 3.05) is 0 Å². The van der Waals surface area contributed by atoms with Crippen molar-refractivity contribution in [1.29, 1.82) is 0 Å². The van der Waals surface area contributed by atoms with E-state index in [0.717, 1.165) is 32.8 Å². The second-order valence-electron chi connectivity index (χ2n) is 5.41. The van der Waals surface area contributed by atoms with E-state index in [-0.39, 0.29) is 0 Å². The molecule has 4 rings (SSSR count). The predicted octanol–water partition coefficient (Wildman–Crippen LogP) is 6.02. The lowest BCUT2D eigenvalue weighted by Crippen LogP contribution is -1.85. The van der Waals surface area contributed by atoms with Gasteiger partial charge in [0.25, 0.3) is 0 Å². The number of fused-ring (bicyclic) bond motifs is 1. The summed E-state index contributed by atoms with van der Waals surface area (Å²) < 4.78 is 1.19. The van der Waals surface area contributed by atoms with Crippen LogP contribution >= 0.6 is 11.3 Å². The maximum atomic E-state index is 4.75. The Bertz CT molecular complexity index is 969. The summed E-state index contributed by atoms with van der Waals surface area (Å²) in [7, 11) is 0. The van der Waals surface area contributed by atoms with Gasteiger partial charge in [-0.2, -0.15) is 0 Å².